The van der Waals surface area contributed by atoms with Crippen molar-refractivity contribution in [1.29, 1.82) is 0 Å². The quantitative estimate of drug-likeness (QED) is 0.430. The number of likely N-dealkylation sites (N-methyl/N-ethyl adjacent to an activating group) is 1. The molecule has 0 aromatic heterocycles. The minimum atomic E-state index is -4.14. The molecule has 0 saturated heterocycles. The molecule has 3 aromatic carbocycles. The smallest absolute Gasteiger partial charge is 0.264 e. The van der Waals surface area contributed by atoms with E-state index in [2.05, 4.69) is 5.32 Å². The van der Waals surface area contributed by atoms with E-state index in [4.69, 9.17) is 0 Å². The number of carbonyl (C=O) groups excluding carboxylic acids is 2. The number of nitrogens with one attached hydrogen (secondary N) is 1. The van der Waals surface area contributed by atoms with Crippen molar-refractivity contribution in [3.8, 4) is 0 Å². The highest BCUT2D eigenvalue weighted by Gasteiger charge is 2.32. The van der Waals surface area contributed by atoms with Crippen molar-refractivity contribution in [2.75, 3.05) is 17.4 Å². The molecule has 0 aliphatic heterocycles. The largest absolute Gasteiger partial charge is 0.355 e. The van der Waals surface area contributed by atoms with Gasteiger partial charge in [0.15, 0.2) is 0 Å². The molecule has 37 heavy (non-hydrogen) atoms. The van der Waals surface area contributed by atoms with Crippen LogP contribution in [-0.2, 0) is 26.2 Å². The zero-order chi connectivity index (χ0) is 27.2. The van der Waals surface area contributed by atoms with E-state index in [0.29, 0.717) is 12.2 Å². The van der Waals surface area contributed by atoms with E-state index in [9.17, 15) is 22.4 Å². The number of anilines is 1. The highest BCUT2D eigenvalue weighted by Crippen LogP contribution is 2.26. The molecule has 0 unspecified atom stereocenters. The maximum Gasteiger partial charge on any atom is 0.264 e. The summed E-state index contributed by atoms with van der Waals surface area (Å²) in [5.41, 5.74) is 2.36. The van der Waals surface area contributed by atoms with E-state index in [-0.39, 0.29) is 17.0 Å². The van der Waals surface area contributed by atoms with Crippen LogP contribution in [0.1, 0.15) is 30.5 Å². The van der Waals surface area contributed by atoms with Crippen LogP contribution < -0.4 is 9.62 Å². The number of benzene rings is 3. The molecular weight excluding hydrogens is 493 g/mol. The van der Waals surface area contributed by atoms with Crippen molar-refractivity contribution >= 4 is 27.5 Å². The van der Waals surface area contributed by atoms with Crippen molar-refractivity contribution in [3.05, 3.63) is 95.3 Å². The Hall–Kier alpha value is -3.72. The molecule has 0 radical (unpaired) electrons. The summed E-state index contributed by atoms with van der Waals surface area (Å²) in [5.74, 6) is -1.58. The zero-order valence-corrected chi connectivity index (χ0v) is 22.3. The number of halogens is 1. The van der Waals surface area contributed by atoms with E-state index in [1.807, 2.05) is 13.8 Å². The van der Waals surface area contributed by atoms with Crippen LogP contribution in [0.2, 0.25) is 0 Å². The van der Waals surface area contributed by atoms with Crippen LogP contribution in [0.15, 0.2) is 77.7 Å². The predicted octanol–water partition coefficient (Wildman–Crippen LogP) is 4.19. The summed E-state index contributed by atoms with van der Waals surface area (Å²) in [6.07, 6.45) is 0. The maximum absolute atomic E-state index is 14.5. The summed E-state index contributed by atoms with van der Waals surface area (Å²) >= 11 is 0. The molecule has 196 valence electrons. The number of rotatable bonds is 10. The average molecular weight is 526 g/mol. The molecule has 7 nitrogen and oxygen atoms in total. The number of hydrogen-bond donors (Lipinski definition) is 1. The standard InChI is InChI=1S/C28H32FN3O4S/c1-5-30-28(34)22(4)31(18-23-11-9-10-14-26(23)29)27(33)19-32(24-16-15-20(2)21(3)17-24)37(35,36)25-12-7-6-8-13-25/h6-17,22H,5,18-19H2,1-4H3,(H,30,34)/t22-/m1/s1. The Morgan fingerprint density at radius 3 is 2.22 bits per heavy atom. The van der Waals surface area contributed by atoms with E-state index in [1.165, 1.54) is 42.2 Å². The Bertz CT molecular complexity index is 1360. The van der Waals surface area contributed by atoms with Crippen LogP contribution >= 0.6 is 0 Å². The van der Waals surface area contributed by atoms with E-state index in [0.717, 1.165) is 15.4 Å². The fourth-order valence-corrected chi connectivity index (χ4v) is 5.27. The highest BCUT2D eigenvalue weighted by atomic mass is 32.2. The van der Waals surface area contributed by atoms with E-state index < -0.39 is 40.2 Å². The van der Waals surface area contributed by atoms with Crippen LogP contribution in [-0.4, -0.2) is 44.3 Å². The minimum absolute atomic E-state index is 0.0263. The minimum Gasteiger partial charge on any atom is -0.355 e. The number of sulfonamides is 1. The maximum atomic E-state index is 14.5. The molecule has 0 saturated carbocycles. The van der Waals surface area contributed by atoms with Crippen LogP contribution in [0.25, 0.3) is 0 Å². The summed E-state index contributed by atoms with van der Waals surface area (Å²) in [5, 5.41) is 2.68. The second-order valence-electron chi connectivity index (χ2n) is 8.78. The summed E-state index contributed by atoms with van der Waals surface area (Å²) in [6.45, 7) is 6.63. The van der Waals surface area contributed by atoms with Gasteiger partial charge < -0.3 is 10.2 Å². The summed E-state index contributed by atoms with van der Waals surface area (Å²) in [4.78, 5) is 27.7. The second kappa shape index (κ2) is 12.0. The molecular formula is C28H32FN3O4S. The zero-order valence-electron chi connectivity index (χ0n) is 21.4. The third-order valence-corrected chi connectivity index (χ3v) is 7.99. The normalized spacial score (nSPS) is 12.0. The fraction of sp³-hybridized carbons (Fsp3) is 0.286. The van der Waals surface area contributed by atoms with Gasteiger partial charge in [-0.25, -0.2) is 12.8 Å². The van der Waals surface area contributed by atoms with Crippen molar-refractivity contribution < 1.29 is 22.4 Å². The van der Waals surface area contributed by atoms with Gasteiger partial charge in [0.2, 0.25) is 11.8 Å². The Balaban J connectivity index is 2.05. The van der Waals surface area contributed by atoms with E-state index >= 15 is 0 Å². The van der Waals surface area contributed by atoms with Gasteiger partial charge in [0, 0.05) is 18.7 Å². The number of aryl methyl sites for hydroxylation is 2. The molecule has 0 aliphatic carbocycles. The summed E-state index contributed by atoms with van der Waals surface area (Å²) in [7, 11) is -4.14. The molecule has 0 spiro atoms. The first-order chi connectivity index (χ1) is 17.6. The third kappa shape index (κ3) is 6.54. The number of amides is 2. The molecule has 2 amide bonds. The predicted molar refractivity (Wildman–Crippen MR) is 142 cm³/mol. The van der Waals surface area contributed by atoms with Crippen molar-refractivity contribution in [2.24, 2.45) is 0 Å². The molecule has 1 atom stereocenters. The molecule has 0 heterocycles. The van der Waals surface area contributed by atoms with Crippen LogP contribution in [0, 0.1) is 19.7 Å². The summed E-state index contributed by atoms with van der Waals surface area (Å²) in [6, 6.07) is 18.0. The first kappa shape index (κ1) is 27.9. The molecule has 3 rings (SSSR count). The Morgan fingerprint density at radius 1 is 0.946 bits per heavy atom. The van der Waals surface area contributed by atoms with Gasteiger partial charge in [0.05, 0.1) is 10.6 Å². The van der Waals surface area contributed by atoms with Crippen LogP contribution in [0.5, 0.6) is 0 Å². The second-order valence-corrected chi connectivity index (χ2v) is 10.6. The van der Waals surface area contributed by atoms with E-state index in [1.54, 1.807) is 49.4 Å². The lowest BCUT2D eigenvalue weighted by atomic mass is 10.1. The molecule has 1 N–H and O–H groups in total. The van der Waals surface area contributed by atoms with Gasteiger partial charge in [-0.2, -0.15) is 0 Å². The average Bonchev–Trinajstić information content (AvgIpc) is 2.88. The third-order valence-electron chi connectivity index (χ3n) is 6.21. The van der Waals surface area contributed by atoms with Crippen molar-refractivity contribution in [1.82, 2.24) is 10.2 Å². The van der Waals surface area contributed by atoms with Gasteiger partial charge in [-0.15, -0.1) is 0 Å². The Morgan fingerprint density at radius 2 is 1.59 bits per heavy atom. The van der Waals surface area contributed by atoms with Crippen molar-refractivity contribution in [2.45, 2.75) is 45.2 Å². The number of hydrogen-bond acceptors (Lipinski definition) is 4. The number of nitrogens with zero attached hydrogens (tertiary/aromatic N) is 2. The SMILES string of the molecule is CCNC(=O)[C@@H](C)N(Cc1ccccc1F)C(=O)CN(c1ccc(C)c(C)c1)S(=O)(=O)c1ccccc1. The lowest BCUT2D eigenvalue weighted by Crippen LogP contribution is -2.51. The lowest BCUT2D eigenvalue weighted by Gasteiger charge is -2.32. The fourth-order valence-electron chi connectivity index (χ4n) is 3.84. The molecule has 3 aromatic rings. The lowest BCUT2D eigenvalue weighted by molar-refractivity contribution is -0.139. The number of carbonyl (C=O) groups is 2. The van der Waals surface area contributed by atoms with Gasteiger partial charge in [-0.1, -0.05) is 42.5 Å². The molecule has 0 fully saturated rings. The van der Waals surface area contributed by atoms with Crippen molar-refractivity contribution in [3.63, 3.8) is 0 Å². The van der Waals surface area contributed by atoms with Gasteiger partial charge in [0.1, 0.15) is 18.4 Å². The van der Waals surface area contributed by atoms with Gasteiger partial charge >= 0.3 is 0 Å². The Kier molecular flexibility index (Phi) is 9.04. The van der Waals surface area contributed by atoms with Gasteiger partial charge in [-0.3, -0.25) is 13.9 Å². The van der Waals surface area contributed by atoms with Gasteiger partial charge in [0.25, 0.3) is 10.0 Å². The summed E-state index contributed by atoms with van der Waals surface area (Å²) < 4.78 is 43.0. The van der Waals surface area contributed by atoms with Gasteiger partial charge in [-0.05, 0) is 69.2 Å². The topological polar surface area (TPSA) is 86.8 Å². The molecule has 0 bridgehead atoms. The first-order valence-corrected chi connectivity index (χ1v) is 13.5. The van der Waals surface area contributed by atoms with Crippen LogP contribution in [0.3, 0.4) is 0 Å². The molecule has 9 heteroatoms. The van der Waals surface area contributed by atoms with Crippen LogP contribution in [0.4, 0.5) is 10.1 Å². The highest BCUT2D eigenvalue weighted by molar-refractivity contribution is 7.92. The Labute approximate surface area is 218 Å². The molecule has 0 aliphatic rings. The first-order valence-electron chi connectivity index (χ1n) is 12.0. The monoisotopic (exact) mass is 525 g/mol.